The number of carbonyl (C=O) groups excluding carboxylic acids is 1. The molecule has 0 radical (unpaired) electrons. The zero-order valence-corrected chi connectivity index (χ0v) is 16.7. The first-order valence-electron chi connectivity index (χ1n) is 9.52. The number of anilines is 1. The first-order valence-corrected chi connectivity index (χ1v) is 9.52. The number of nitrogens with one attached hydrogen (secondary N) is 3. The highest BCUT2D eigenvalue weighted by molar-refractivity contribution is 5.94. The molecule has 1 amide bonds. The molecule has 1 aromatic heterocycles. The van der Waals surface area contributed by atoms with Crippen LogP contribution >= 0.6 is 0 Å². The lowest BCUT2D eigenvalue weighted by Crippen LogP contribution is -2.46. The maximum atomic E-state index is 13.5. The summed E-state index contributed by atoms with van der Waals surface area (Å²) >= 11 is 0. The van der Waals surface area contributed by atoms with Gasteiger partial charge < -0.3 is 25.0 Å². The van der Waals surface area contributed by atoms with Gasteiger partial charge in [0.15, 0.2) is 5.56 Å². The molecule has 3 rings (SSSR count). The number of rotatable bonds is 7. The predicted octanol–water partition coefficient (Wildman–Crippen LogP) is 1.68. The van der Waals surface area contributed by atoms with Gasteiger partial charge in [-0.15, -0.1) is 5.10 Å². The average Bonchev–Trinajstić information content (AvgIpc) is 2.75. The maximum Gasteiger partial charge on any atom is 0.423 e. The van der Waals surface area contributed by atoms with E-state index in [1.54, 1.807) is 17.0 Å². The van der Waals surface area contributed by atoms with E-state index in [1.807, 2.05) is 5.10 Å². The lowest BCUT2D eigenvalue weighted by atomic mass is 10.1. The molecule has 2 aromatic rings. The number of carbonyl (C=O) groups is 1. The van der Waals surface area contributed by atoms with Crippen molar-refractivity contribution < 1.29 is 27.4 Å². The Kier molecular flexibility index (Phi) is 7.13. The van der Waals surface area contributed by atoms with Crippen LogP contribution in [0.4, 0.5) is 18.9 Å². The van der Waals surface area contributed by atoms with Gasteiger partial charge in [-0.25, -0.2) is 5.10 Å². The third-order valence-corrected chi connectivity index (χ3v) is 4.54. The Morgan fingerprint density at radius 2 is 2.03 bits per heavy atom. The Morgan fingerprint density at radius 3 is 2.71 bits per heavy atom. The van der Waals surface area contributed by atoms with E-state index in [2.05, 4.69) is 15.7 Å². The van der Waals surface area contributed by atoms with Crippen LogP contribution in [-0.4, -0.2) is 67.4 Å². The second-order valence-electron chi connectivity index (χ2n) is 6.70. The van der Waals surface area contributed by atoms with Gasteiger partial charge in [-0.3, -0.25) is 9.59 Å². The molecule has 2 heterocycles. The molecule has 3 N–H and O–H groups in total. The first kappa shape index (κ1) is 22.6. The minimum absolute atomic E-state index is 0.0113. The van der Waals surface area contributed by atoms with Gasteiger partial charge in [-0.05, 0) is 18.2 Å². The molecule has 1 fully saturated rings. The Morgan fingerprint density at radius 1 is 1.29 bits per heavy atom. The second kappa shape index (κ2) is 9.79. The van der Waals surface area contributed by atoms with Gasteiger partial charge in [0.05, 0.1) is 6.61 Å². The van der Waals surface area contributed by atoms with Crippen molar-refractivity contribution in [1.82, 2.24) is 20.4 Å². The predicted molar refractivity (Wildman–Crippen MR) is 106 cm³/mol. The van der Waals surface area contributed by atoms with Crippen molar-refractivity contribution in [2.75, 3.05) is 51.8 Å². The molecule has 12 heteroatoms. The summed E-state index contributed by atoms with van der Waals surface area (Å²) < 4.78 is 50.8. The summed E-state index contributed by atoms with van der Waals surface area (Å²) in [6.07, 6.45) is -4.94. The smallest absolute Gasteiger partial charge is 0.423 e. The number of benzene rings is 1. The number of methoxy groups -OCH3 is 1. The Labute approximate surface area is 175 Å². The number of H-pyrrole nitrogens is 1. The van der Waals surface area contributed by atoms with Crippen LogP contribution in [0.1, 0.15) is 15.9 Å². The van der Waals surface area contributed by atoms with E-state index in [0.29, 0.717) is 31.7 Å². The van der Waals surface area contributed by atoms with E-state index >= 15 is 0 Å². The molecule has 0 spiro atoms. The van der Waals surface area contributed by atoms with E-state index in [1.165, 1.54) is 19.2 Å². The summed E-state index contributed by atoms with van der Waals surface area (Å²) in [5.74, 6) is -0.589. The molecule has 1 aliphatic heterocycles. The summed E-state index contributed by atoms with van der Waals surface area (Å²) in [4.78, 5) is 26.2. The molecule has 1 aliphatic rings. The zero-order valence-electron chi connectivity index (χ0n) is 16.7. The van der Waals surface area contributed by atoms with Gasteiger partial charge in [0.2, 0.25) is 0 Å². The molecule has 31 heavy (non-hydrogen) atoms. The number of piperazine rings is 1. The van der Waals surface area contributed by atoms with Crippen LogP contribution in [0.2, 0.25) is 0 Å². The van der Waals surface area contributed by atoms with E-state index in [0.717, 1.165) is 0 Å². The largest absolute Gasteiger partial charge is 0.436 e. The summed E-state index contributed by atoms with van der Waals surface area (Å²) in [5, 5.41) is 11.1. The zero-order chi connectivity index (χ0) is 22.4. The van der Waals surface area contributed by atoms with Crippen molar-refractivity contribution in [2.45, 2.75) is 6.18 Å². The number of hydrogen-bond acceptors (Lipinski definition) is 7. The highest BCUT2D eigenvalue weighted by Gasteiger charge is 2.39. The van der Waals surface area contributed by atoms with Crippen molar-refractivity contribution >= 4 is 11.6 Å². The fourth-order valence-corrected chi connectivity index (χ4v) is 3.07. The monoisotopic (exact) mass is 441 g/mol. The average molecular weight is 441 g/mol. The van der Waals surface area contributed by atoms with E-state index in [-0.39, 0.29) is 24.8 Å². The van der Waals surface area contributed by atoms with Crippen molar-refractivity contribution in [3.8, 4) is 11.6 Å². The normalized spacial score (nSPS) is 14.4. The molecule has 0 aliphatic carbocycles. The lowest BCUT2D eigenvalue weighted by molar-refractivity contribution is -0.138. The Balaban J connectivity index is 1.91. The van der Waals surface area contributed by atoms with Crippen LogP contribution in [-0.2, 0) is 10.9 Å². The minimum atomic E-state index is -4.94. The molecule has 0 atom stereocenters. The molecular weight excluding hydrogens is 419 g/mol. The minimum Gasteiger partial charge on any atom is -0.436 e. The quantitative estimate of drug-likeness (QED) is 0.561. The lowest BCUT2D eigenvalue weighted by Gasteiger charge is -2.27. The van der Waals surface area contributed by atoms with Crippen molar-refractivity contribution in [2.24, 2.45) is 0 Å². The highest BCUT2D eigenvalue weighted by atomic mass is 19.4. The fraction of sp³-hybridized carbons (Fsp3) is 0.421. The summed E-state index contributed by atoms with van der Waals surface area (Å²) in [6, 6.07) is 6.05. The molecule has 1 saturated heterocycles. The van der Waals surface area contributed by atoms with Gasteiger partial charge in [0, 0.05) is 45.4 Å². The van der Waals surface area contributed by atoms with Gasteiger partial charge >= 0.3 is 6.18 Å². The van der Waals surface area contributed by atoms with Gasteiger partial charge in [-0.2, -0.15) is 13.2 Å². The van der Waals surface area contributed by atoms with Crippen LogP contribution < -0.4 is 20.9 Å². The topological polar surface area (TPSA) is 109 Å². The first-order chi connectivity index (χ1) is 14.8. The number of halogens is 3. The van der Waals surface area contributed by atoms with E-state index in [4.69, 9.17) is 9.47 Å². The summed E-state index contributed by atoms with van der Waals surface area (Å²) in [5.41, 5.74) is -3.13. The molecule has 0 bridgehead atoms. The van der Waals surface area contributed by atoms with Crippen molar-refractivity contribution in [3.63, 3.8) is 0 Å². The number of nitrogens with zero attached hydrogens (tertiary/aromatic N) is 2. The molecule has 0 unspecified atom stereocenters. The van der Waals surface area contributed by atoms with Crippen LogP contribution in [0.25, 0.3) is 0 Å². The number of ether oxygens (including phenoxy) is 2. The van der Waals surface area contributed by atoms with Crippen LogP contribution in [0.3, 0.4) is 0 Å². The number of alkyl halides is 3. The fourth-order valence-electron chi connectivity index (χ4n) is 3.07. The van der Waals surface area contributed by atoms with Crippen LogP contribution in [0.5, 0.6) is 11.6 Å². The molecule has 1 aromatic carbocycles. The molecule has 9 nitrogen and oxygen atoms in total. The van der Waals surface area contributed by atoms with Gasteiger partial charge in [-0.1, -0.05) is 6.07 Å². The van der Waals surface area contributed by atoms with E-state index in [9.17, 15) is 22.8 Å². The number of aromatic amines is 1. The van der Waals surface area contributed by atoms with Gasteiger partial charge in [0.25, 0.3) is 17.3 Å². The highest BCUT2D eigenvalue weighted by Crippen LogP contribution is 2.37. The Hall–Kier alpha value is -3.12. The molecule has 168 valence electrons. The second-order valence-corrected chi connectivity index (χ2v) is 6.70. The van der Waals surface area contributed by atoms with Crippen LogP contribution in [0, 0.1) is 0 Å². The molecular formula is C19H22F3N5O4. The van der Waals surface area contributed by atoms with Crippen molar-refractivity contribution in [3.05, 3.63) is 45.7 Å². The third kappa shape index (κ3) is 5.52. The SMILES string of the molecule is COCCNc1c(Oc2cccc(C(=O)N3CCNCC3)c2)n[nH]c(=O)c1C(F)(F)F. The standard InChI is InChI=1S/C19H22F3N5O4/c1-30-10-7-24-15-14(19(20,21)22)16(28)25-26-17(15)31-13-4-2-3-12(11-13)18(29)27-8-5-23-6-9-27/h2-4,11,23H,5-10H2,1H3,(H2,24,25,28). The van der Waals surface area contributed by atoms with Gasteiger partial charge in [0.1, 0.15) is 11.4 Å². The Bertz CT molecular complexity index is 974. The number of hydrogen-bond donors (Lipinski definition) is 3. The van der Waals surface area contributed by atoms with E-state index < -0.39 is 28.9 Å². The third-order valence-electron chi connectivity index (χ3n) is 4.54. The van der Waals surface area contributed by atoms with Crippen molar-refractivity contribution in [1.29, 1.82) is 0 Å². The molecule has 0 saturated carbocycles. The number of aromatic nitrogens is 2. The number of amides is 1. The summed E-state index contributed by atoms with van der Waals surface area (Å²) in [7, 11) is 1.39. The summed E-state index contributed by atoms with van der Waals surface area (Å²) in [6.45, 7) is 2.54. The van der Waals surface area contributed by atoms with Crippen LogP contribution in [0.15, 0.2) is 29.1 Å². The maximum absolute atomic E-state index is 13.5.